The highest BCUT2D eigenvalue weighted by molar-refractivity contribution is 7.99. The lowest BCUT2D eigenvalue weighted by molar-refractivity contribution is -0.118. The van der Waals surface area contributed by atoms with Crippen LogP contribution in [-0.2, 0) is 11.2 Å². The zero-order valence-corrected chi connectivity index (χ0v) is 20.7. The van der Waals surface area contributed by atoms with E-state index >= 15 is 0 Å². The standard InChI is InChI=1S/C27H28N4O3S/c1-3-34-24-14-12-23(13-15-24)31-26(9-6-16-28-19(2)32)29-30-27(31)35-18-25(33)22-11-10-20-7-4-5-8-21(20)17-22/h4-5,7-8,10-15,17H,3,6,9,16,18H2,1-2H3,(H,28,32). The summed E-state index contributed by atoms with van der Waals surface area (Å²) in [5.41, 5.74) is 1.58. The van der Waals surface area contributed by atoms with Crippen molar-refractivity contribution in [2.75, 3.05) is 18.9 Å². The van der Waals surface area contributed by atoms with Gasteiger partial charge in [0.1, 0.15) is 11.6 Å². The molecule has 4 rings (SSSR count). The SMILES string of the molecule is CCOc1ccc(-n2c(CCCNC(C)=O)nnc2SCC(=O)c2ccc3ccccc3c2)cc1. The summed E-state index contributed by atoms with van der Waals surface area (Å²) in [5.74, 6) is 1.80. The average molecular weight is 489 g/mol. The molecule has 0 bridgehead atoms. The number of aromatic nitrogens is 3. The summed E-state index contributed by atoms with van der Waals surface area (Å²) in [5, 5.41) is 14.4. The van der Waals surface area contributed by atoms with E-state index in [0.29, 0.717) is 30.3 Å². The van der Waals surface area contributed by atoms with Crippen molar-refractivity contribution in [2.24, 2.45) is 0 Å². The predicted octanol–water partition coefficient (Wildman–Crippen LogP) is 4.86. The van der Waals surface area contributed by atoms with E-state index in [4.69, 9.17) is 4.74 Å². The van der Waals surface area contributed by atoms with Gasteiger partial charge in [-0.3, -0.25) is 14.2 Å². The van der Waals surface area contributed by atoms with Crippen molar-refractivity contribution in [1.29, 1.82) is 0 Å². The van der Waals surface area contributed by atoms with Gasteiger partial charge in [-0.05, 0) is 54.4 Å². The number of Topliss-reactive ketones (excluding diaryl/α,β-unsaturated/α-hetero) is 1. The van der Waals surface area contributed by atoms with E-state index in [9.17, 15) is 9.59 Å². The molecule has 4 aromatic rings. The highest BCUT2D eigenvalue weighted by atomic mass is 32.2. The smallest absolute Gasteiger partial charge is 0.216 e. The van der Waals surface area contributed by atoms with Crippen molar-refractivity contribution < 1.29 is 14.3 Å². The molecular weight excluding hydrogens is 460 g/mol. The Morgan fingerprint density at radius 3 is 2.51 bits per heavy atom. The molecule has 0 unspecified atom stereocenters. The van der Waals surface area contributed by atoms with Gasteiger partial charge in [0.15, 0.2) is 10.9 Å². The molecular formula is C27H28N4O3S. The molecule has 0 aliphatic carbocycles. The van der Waals surface area contributed by atoms with Crippen LogP contribution in [0.2, 0.25) is 0 Å². The van der Waals surface area contributed by atoms with Crippen LogP contribution >= 0.6 is 11.8 Å². The molecule has 35 heavy (non-hydrogen) atoms. The molecule has 1 aromatic heterocycles. The second-order valence-electron chi connectivity index (χ2n) is 8.02. The van der Waals surface area contributed by atoms with Crippen LogP contribution in [0.5, 0.6) is 5.75 Å². The van der Waals surface area contributed by atoms with E-state index in [1.54, 1.807) is 0 Å². The maximum Gasteiger partial charge on any atom is 0.216 e. The van der Waals surface area contributed by atoms with Gasteiger partial charge < -0.3 is 10.1 Å². The first kappa shape index (κ1) is 24.5. The summed E-state index contributed by atoms with van der Waals surface area (Å²) < 4.78 is 7.54. The van der Waals surface area contributed by atoms with E-state index in [1.165, 1.54) is 18.7 Å². The van der Waals surface area contributed by atoms with Crippen molar-refractivity contribution in [1.82, 2.24) is 20.1 Å². The van der Waals surface area contributed by atoms with E-state index in [0.717, 1.165) is 34.5 Å². The summed E-state index contributed by atoms with van der Waals surface area (Å²) in [6.07, 6.45) is 1.37. The zero-order chi connectivity index (χ0) is 24.6. The third-order valence-corrected chi connectivity index (χ3v) is 6.39. The number of ketones is 1. The number of thioether (sulfide) groups is 1. The van der Waals surface area contributed by atoms with Crippen molar-refractivity contribution >= 4 is 34.2 Å². The number of benzene rings is 3. The van der Waals surface area contributed by atoms with Crippen LogP contribution in [0.15, 0.2) is 71.9 Å². The molecule has 1 N–H and O–H groups in total. The van der Waals surface area contributed by atoms with Crippen molar-refractivity contribution in [3.8, 4) is 11.4 Å². The van der Waals surface area contributed by atoms with Gasteiger partial charge in [0.25, 0.3) is 0 Å². The van der Waals surface area contributed by atoms with Crippen LogP contribution < -0.4 is 10.1 Å². The van der Waals surface area contributed by atoms with Gasteiger partial charge >= 0.3 is 0 Å². The minimum atomic E-state index is -0.0542. The largest absolute Gasteiger partial charge is 0.494 e. The molecule has 7 nitrogen and oxygen atoms in total. The normalized spacial score (nSPS) is 10.9. The summed E-state index contributed by atoms with van der Waals surface area (Å²) in [6, 6.07) is 21.5. The fourth-order valence-corrected chi connectivity index (χ4v) is 4.63. The number of carbonyl (C=O) groups excluding carboxylic acids is 2. The molecule has 0 aliphatic heterocycles. The van der Waals surface area contributed by atoms with Crippen molar-refractivity contribution in [3.63, 3.8) is 0 Å². The van der Waals surface area contributed by atoms with E-state index in [2.05, 4.69) is 15.5 Å². The molecule has 3 aromatic carbocycles. The molecule has 8 heteroatoms. The Hall–Kier alpha value is -3.65. The zero-order valence-electron chi connectivity index (χ0n) is 19.9. The summed E-state index contributed by atoms with van der Waals surface area (Å²) in [7, 11) is 0. The van der Waals surface area contributed by atoms with Crippen LogP contribution in [0.1, 0.15) is 36.5 Å². The van der Waals surface area contributed by atoms with Crippen LogP contribution in [0.4, 0.5) is 0 Å². The number of fused-ring (bicyclic) bond motifs is 1. The van der Waals surface area contributed by atoms with E-state index < -0.39 is 0 Å². The number of rotatable bonds is 11. The summed E-state index contributed by atoms with van der Waals surface area (Å²) in [6.45, 7) is 4.61. The van der Waals surface area contributed by atoms with Crippen LogP contribution in [0, 0.1) is 0 Å². The Morgan fingerprint density at radius 1 is 1.00 bits per heavy atom. The Kier molecular flexibility index (Phi) is 8.15. The summed E-state index contributed by atoms with van der Waals surface area (Å²) in [4.78, 5) is 24.2. The highest BCUT2D eigenvalue weighted by Crippen LogP contribution is 2.26. The first-order chi connectivity index (χ1) is 17.0. The van der Waals surface area contributed by atoms with Gasteiger partial charge in [0.05, 0.1) is 12.4 Å². The van der Waals surface area contributed by atoms with Gasteiger partial charge in [0.2, 0.25) is 5.91 Å². The Bertz CT molecular complexity index is 1320. The molecule has 0 aliphatic rings. The third kappa shape index (κ3) is 6.27. The minimum absolute atomic E-state index is 0.0363. The molecule has 0 atom stereocenters. The Balaban J connectivity index is 1.53. The van der Waals surface area contributed by atoms with E-state index in [-0.39, 0.29) is 17.4 Å². The molecule has 0 fully saturated rings. The van der Waals surface area contributed by atoms with Crippen LogP contribution in [0.25, 0.3) is 16.5 Å². The number of carbonyl (C=O) groups is 2. The Labute approximate surface area is 208 Å². The number of nitrogens with one attached hydrogen (secondary N) is 1. The molecule has 0 radical (unpaired) electrons. The first-order valence-electron chi connectivity index (χ1n) is 11.6. The van der Waals surface area contributed by atoms with Gasteiger partial charge in [0, 0.05) is 31.1 Å². The number of hydrogen-bond donors (Lipinski definition) is 1. The molecule has 1 heterocycles. The first-order valence-corrected chi connectivity index (χ1v) is 12.6. The lowest BCUT2D eigenvalue weighted by Gasteiger charge is -2.11. The van der Waals surface area contributed by atoms with Crippen molar-refractivity contribution in [2.45, 2.75) is 31.8 Å². The number of hydrogen-bond acceptors (Lipinski definition) is 6. The van der Waals surface area contributed by atoms with Crippen LogP contribution in [0.3, 0.4) is 0 Å². The molecule has 180 valence electrons. The lowest BCUT2D eigenvalue weighted by Crippen LogP contribution is -2.21. The van der Waals surface area contributed by atoms with Gasteiger partial charge in [-0.2, -0.15) is 0 Å². The predicted molar refractivity (Wildman–Crippen MR) is 139 cm³/mol. The maximum atomic E-state index is 13.0. The van der Waals surface area contributed by atoms with Crippen LogP contribution in [-0.4, -0.2) is 45.4 Å². The van der Waals surface area contributed by atoms with E-state index in [1.807, 2.05) is 78.2 Å². The molecule has 0 spiro atoms. The maximum absolute atomic E-state index is 13.0. The number of ether oxygens (including phenoxy) is 1. The van der Waals surface area contributed by atoms with Crippen molar-refractivity contribution in [3.05, 3.63) is 78.1 Å². The highest BCUT2D eigenvalue weighted by Gasteiger charge is 2.17. The fourth-order valence-electron chi connectivity index (χ4n) is 3.76. The topological polar surface area (TPSA) is 86.1 Å². The monoisotopic (exact) mass is 488 g/mol. The quantitative estimate of drug-likeness (QED) is 0.184. The second kappa shape index (κ2) is 11.7. The fraction of sp³-hybridized carbons (Fsp3) is 0.259. The molecule has 0 saturated carbocycles. The number of aryl methyl sites for hydroxylation is 1. The van der Waals surface area contributed by atoms with Gasteiger partial charge in [-0.15, -0.1) is 10.2 Å². The van der Waals surface area contributed by atoms with Gasteiger partial charge in [-0.1, -0.05) is 48.2 Å². The minimum Gasteiger partial charge on any atom is -0.494 e. The number of amides is 1. The Morgan fingerprint density at radius 2 is 1.77 bits per heavy atom. The second-order valence-corrected chi connectivity index (χ2v) is 8.96. The third-order valence-electron chi connectivity index (χ3n) is 5.46. The molecule has 0 saturated heterocycles. The lowest BCUT2D eigenvalue weighted by atomic mass is 10.1. The van der Waals surface area contributed by atoms with Gasteiger partial charge in [-0.25, -0.2) is 0 Å². The number of nitrogens with zero attached hydrogens (tertiary/aromatic N) is 3. The summed E-state index contributed by atoms with van der Waals surface area (Å²) >= 11 is 1.37. The average Bonchev–Trinajstić information content (AvgIpc) is 3.28. The molecule has 1 amide bonds.